The molecule has 1 nitrogen and oxygen atoms in total. The Bertz CT molecular complexity index is 352. The molecule has 0 aliphatic rings. The van der Waals surface area contributed by atoms with Gasteiger partial charge in [-0.15, -0.1) is 11.8 Å². The molecule has 0 saturated heterocycles. The van der Waals surface area contributed by atoms with Crippen LogP contribution in [0.3, 0.4) is 0 Å². The standard InChI is InChI=1S/C14H23NS/c1-10-6-7-12(8-11(10)2)16-9-13(15)14(3,4)5/h6-8,13H,9,15H2,1-5H3. The summed E-state index contributed by atoms with van der Waals surface area (Å²) in [7, 11) is 0. The average molecular weight is 237 g/mol. The molecule has 1 aromatic carbocycles. The summed E-state index contributed by atoms with van der Waals surface area (Å²) in [6.45, 7) is 10.9. The quantitative estimate of drug-likeness (QED) is 0.810. The summed E-state index contributed by atoms with van der Waals surface area (Å²) in [5.74, 6) is 0.978. The zero-order valence-electron chi connectivity index (χ0n) is 11.0. The van der Waals surface area contributed by atoms with E-state index in [2.05, 4.69) is 52.8 Å². The highest BCUT2D eigenvalue weighted by Crippen LogP contribution is 2.26. The third kappa shape index (κ3) is 3.84. The van der Waals surface area contributed by atoms with Crippen LogP contribution in [-0.2, 0) is 0 Å². The zero-order valence-corrected chi connectivity index (χ0v) is 11.8. The van der Waals surface area contributed by atoms with Gasteiger partial charge in [0, 0.05) is 16.7 Å². The van der Waals surface area contributed by atoms with Gasteiger partial charge in [0.1, 0.15) is 0 Å². The third-order valence-electron chi connectivity index (χ3n) is 3.02. The van der Waals surface area contributed by atoms with Gasteiger partial charge in [0.15, 0.2) is 0 Å². The largest absolute Gasteiger partial charge is 0.326 e. The molecule has 0 saturated carbocycles. The molecular weight excluding hydrogens is 214 g/mol. The van der Waals surface area contributed by atoms with E-state index in [0.717, 1.165) is 5.75 Å². The number of rotatable bonds is 3. The predicted molar refractivity (Wildman–Crippen MR) is 74.1 cm³/mol. The number of hydrogen-bond acceptors (Lipinski definition) is 2. The first-order chi connectivity index (χ1) is 7.30. The lowest BCUT2D eigenvalue weighted by molar-refractivity contribution is 0.344. The molecule has 0 amide bonds. The number of hydrogen-bond donors (Lipinski definition) is 1. The molecule has 0 spiro atoms. The number of thioether (sulfide) groups is 1. The second-order valence-corrected chi connectivity index (χ2v) is 6.62. The van der Waals surface area contributed by atoms with E-state index in [4.69, 9.17) is 5.73 Å². The Hall–Kier alpha value is -0.470. The molecular formula is C14H23NS. The van der Waals surface area contributed by atoms with Crippen molar-refractivity contribution in [3.8, 4) is 0 Å². The lowest BCUT2D eigenvalue weighted by Gasteiger charge is -2.26. The van der Waals surface area contributed by atoms with Crippen LogP contribution in [-0.4, -0.2) is 11.8 Å². The van der Waals surface area contributed by atoms with Crippen molar-refractivity contribution >= 4 is 11.8 Å². The number of aryl methyl sites for hydroxylation is 2. The van der Waals surface area contributed by atoms with Gasteiger partial charge in [-0.05, 0) is 42.5 Å². The van der Waals surface area contributed by atoms with Crippen molar-refractivity contribution in [1.29, 1.82) is 0 Å². The van der Waals surface area contributed by atoms with Crippen molar-refractivity contribution in [2.24, 2.45) is 11.1 Å². The van der Waals surface area contributed by atoms with E-state index in [0.29, 0.717) is 0 Å². The maximum absolute atomic E-state index is 6.15. The predicted octanol–water partition coefficient (Wildman–Crippen LogP) is 3.77. The summed E-state index contributed by atoms with van der Waals surface area (Å²) in [5, 5.41) is 0. The molecule has 0 heterocycles. The van der Waals surface area contributed by atoms with Gasteiger partial charge in [0.05, 0.1) is 0 Å². The summed E-state index contributed by atoms with van der Waals surface area (Å²) >= 11 is 1.85. The Balaban J connectivity index is 2.58. The van der Waals surface area contributed by atoms with Gasteiger partial charge in [-0.3, -0.25) is 0 Å². The van der Waals surface area contributed by atoms with Gasteiger partial charge < -0.3 is 5.73 Å². The average Bonchev–Trinajstić information content (AvgIpc) is 2.18. The summed E-state index contributed by atoms with van der Waals surface area (Å²) in [6.07, 6.45) is 0. The fourth-order valence-corrected chi connectivity index (χ4v) is 2.54. The van der Waals surface area contributed by atoms with Crippen LogP contribution in [0.2, 0.25) is 0 Å². The summed E-state index contributed by atoms with van der Waals surface area (Å²) in [5.41, 5.74) is 9.04. The molecule has 2 heteroatoms. The minimum Gasteiger partial charge on any atom is -0.326 e. The molecule has 1 atom stereocenters. The summed E-state index contributed by atoms with van der Waals surface area (Å²) in [6, 6.07) is 6.84. The molecule has 0 aliphatic carbocycles. The van der Waals surface area contributed by atoms with Gasteiger partial charge in [-0.25, -0.2) is 0 Å². The van der Waals surface area contributed by atoms with Crippen molar-refractivity contribution in [2.75, 3.05) is 5.75 Å². The number of nitrogens with two attached hydrogens (primary N) is 1. The van der Waals surface area contributed by atoms with Gasteiger partial charge in [0.25, 0.3) is 0 Å². The monoisotopic (exact) mass is 237 g/mol. The molecule has 1 unspecified atom stereocenters. The Morgan fingerprint density at radius 3 is 2.31 bits per heavy atom. The van der Waals surface area contributed by atoms with Crippen molar-refractivity contribution in [1.82, 2.24) is 0 Å². The maximum Gasteiger partial charge on any atom is 0.0183 e. The molecule has 16 heavy (non-hydrogen) atoms. The van der Waals surface area contributed by atoms with Crippen molar-refractivity contribution in [3.05, 3.63) is 29.3 Å². The molecule has 1 rings (SSSR count). The Morgan fingerprint density at radius 2 is 1.81 bits per heavy atom. The van der Waals surface area contributed by atoms with Crippen LogP contribution in [0.5, 0.6) is 0 Å². The summed E-state index contributed by atoms with van der Waals surface area (Å²) in [4.78, 5) is 1.32. The van der Waals surface area contributed by atoms with Gasteiger partial charge in [0.2, 0.25) is 0 Å². The second-order valence-electron chi connectivity index (χ2n) is 5.53. The van der Waals surface area contributed by atoms with Crippen molar-refractivity contribution in [3.63, 3.8) is 0 Å². The first-order valence-corrected chi connectivity index (χ1v) is 6.75. The lowest BCUT2D eigenvalue weighted by atomic mass is 9.89. The van der Waals surface area contributed by atoms with Crippen LogP contribution >= 0.6 is 11.8 Å². The van der Waals surface area contributed by atoms with Crippen LogP contribution in [0.25, 0.3) is 0 Å². The van der Waals surface area contributed by atoms with Crippen molar-refractivity contribution < 1.29 is 0 Å². The third-order valence-corrected chi connectivity index (χ3v) is 4.13. The molecule has 0 radical (unpaired) electrons. The zero-order chi connectivity index (χ0) is 12.3. The van der Waals surface area contributed by atoms with E-state index < -0.39 is 0 Å². The molecule has 1 aromatic rings. The molecule has 0 aromatic heterocycles. The van der Waals surface area contributed by atoms with E-state index in [1.54, 1.807) is 0 Å². The molecule has 0 bridgehead atoms. The Kier molecular flexibility index (Phi) is 4.45. The number of benzene rings is 1. The Labute approximate surface area is 104 Å². The minimum atomic E-state index is 0.187. The van der Waals surface area contributed by atoms with Crippen LogP contribution in [0.15, 0.2) is 23.1 Å². The van der Waals surface area contributed by atoms with Crippen LogP contribution < -0.4 is 5.73 Å². The van der Waals surface area contributed by atoms with E-state index in [1.165, 1.54) is 16.0 Å². The van der Waals surface area contributed by atoms with E-state index in [-0.39, 0.29) is 11.5 Å². The smallest absolute Gasteiger partial charge is 0.0183 e. The maximum atomic E-state index is 6.15. The highest BCUT2D eigenvalue weighted by atomic mass is 32.2. The molecule has 90 valence electrons. The van der Waals surface area contributed by atoms with Gasteiger partial charge in [-0.1, -0.05) is 26.8 Å². The minimum absolute atomic E-state index is 0.187. The molecule has 2 N–H and O–H groups in total. The van der Waals surface area contributed by atoms with Crippen LogP contribution in [0.4, 0.5) is 0 Å². The van der Waals surface area contributed by atoms with Crippen molar-refractivity contribution in [2.45, 2.75) is 45.6 Å². The molecule has 0 fully saturated rings. The first-order valence-electron chi connectivity index (χ1n) is 5.76. The molecule has 0 aliphatic heterocycles. The SMILES string of the molecule is Cc1ccc(SCC(N)C(C)(C)C)cc1C. The second kappa shape index (κ2) is 5.24. The van der Waals surface area contributed by atoms with Gasteiger partial charge >= 0.3 is 0 Å². The van der Waals surface area contributed by atoms with Crippen LogP contribution in [0, 0.1) is 19.3 Å². The topological polar surface area (TPSA) is 26.0 Å². The van der Waals surface area contributed by atoms with Gasteiger partial charge in [-0.2, -0.15) is 0 Å². The van der Waals surface area contributed by atoms with E-state index >= 15 is 0 Å². The highest BCUT2D eigenvalue weighted by molar-refractivity contribution is 7.99. The summed E-state index contributed by atoms with van der Waals surface area (Å²) < 4.78 is 0. The van der Waals surface area contributed by atoms with E-state index in [1.807, 2.05) is 11.8 Å². The fourth-order valence-electron chi connectivity index (χ4n) is 1.24. The van der Waals surface area contributed by atoms with Crippen LogP contribution in [0.1, 0.15) is 31.9 Å². The first kappa shape index (κ1) is 13.6. The highest BCUT2D eigenvalue weighted by Gasteiger charge is 2.20. The Morgan fingerprint density at radius 1 is 1.19 bits per heavy atom. The fraction of sp³-hybridized carbons (Fsp3) is 0.571. The van der Waals surface area contributed by atoms with E-state index in [9.17, 15) is 0 Å². The lowest BCUT2D eigenvalue weighted by Crippen LogP contribution is -2.37. The normalized spacial score (nSPS) is 13.9.